The number of hydrogen-bond acceptors (Lipinski definition) is 7. The summed E-state index contributed by atoms with van der Waals surface area (Å²) in [4.78, 5) is 22.7. The van der Waals surface area contributed by atoms with Crippen molar-refractivity contribution in [1.29, 1.82) is 0 Å². The molecule has 1 atom stereocenters. The molecule has 0 saturated carbocycles. The van der Waals surface area contributed by atoms with Crippen LogP contribution in [0, 0.1) is 10.1 Å². The molecule has 0 radical (unpaired) electrons. The van der Waals surface area contributed by atoms with Gasteiger partial charge < -0.3 is 15.5 Å². The number of aromatic nitrogens is 2. The van der Waals surface area contributed by atoms with Crippen molar-refractivity contribution in [2.24, 2.45) is 0 Å². The van der Waals surface area contributed by atoms with E-state index in [1.54, 1.807) is 0 Å². The maximum Gasteiger partial charge on any atom is 0.329 e. The summed E-state index contributed by atoms with van der Waals surface area (Å²) in [5.41, 5.74) is 7.76. The molecule has 0 bridgehead atoms. The van der Waals surface area contributed by atoms with Crippen LogP contribution in [0.1, 0.15) is 24.4 Å². The van der Waals surface area contributed by atoms with Crippen LogP contribution in [-0.2, 0) is 0 Å². The summed E-state index contributed by atoms with van der Waals surface area (Å²) in [6, 6.07) is 8.48. The maximum atomic E-state index is 10.9. The highest BCUT2D eigenvalue weighted by Crippen LogP contribution is 2.36. The fourth-order valence-corrected chi connectivity index (χ4v) is 3.02. The Hall–Kier alpha value is -2.90. The predicted molar refractivity (Wildman–Crippen MR) is 93.2 cm³/mol. The first-order valence-electron chi connectivity index (χ1n) is 7.78. The average Bonchev–Trinajstić information content (AvgIpc) is 3.04. The van der Waals surface area contributed by atoms with Gasteiger partial charge in [-0.2, -0.15) is 4.98 Å². The van der Waals surface area contributed by atoms with Crippen LogP contribution in [0.25, 0.3) is 0 Å². The first kappa shape index (κ1) is 16.0. The Kier molecular flexibility index (Phi) is 4.20. The van der Waals surface area contributed by atoms with Crippen LogP contribution >= 0.6 is 0 Å². The monoisotopic (exact) mass is 328 g/mol. The molecule has 0 spiro atoms. The second-order valence-electron chi connectivity index (χ2n) is 6.04. The van der Waals surface area contributed by atoms with Gasteiger partial charge in [0.15, 0.2) is 0 Å². The van der Waals surface area contributed by atoms with Crippen LogP contribution in [0.4, 0.5) is 23.1 Å². The molecule has 0 amide bonds. The molecule has 1 saturated heterocycles. The maximum absolute atomic E-state index is 10.9. The Balaban J connectivity index is 1.92. The van der Waals surface area contributed by atoms with Crippen LogP contribution in [0.3, 0.4) is 0 Å². The molecule has 2 heterocycles. The number of benzene rings is 1. The molecule has 24 heavy (non-hydrogen) atoms. The van der Waals surface area contributed by atoms with E-state index in [9.17, 15) is 10.1 Å². The quantitative estimate of drug-likeness (QED) is 0.679. The van der Waals surface area contributed by atoms with Crippen molar-refractivity contribution in [3.05, 3.63) is 46.1 Å². The molecule has 8 nitrogen and oxygen atoms in total. The molecule has 1 aliphatic rings. The zero-order valence-electron chi connectivity index (χ0n) is 13.7. The number of nitrogens with two attached hydrogens (primary N) is 1. The second-order valence-corrected chi connectivity index (χ2v) is 6.04. The van der Waals surface area contributed by atoms with Crippen LogP contribution in [0.5, 0.6) is 0 Å². The Labute approximate surface area is 140 Å². The number of anilines is 3. The summed E-state index contributed by atoms with van der Waals surface area (Å²) in [6.07, 6.45) is 3.18. The third-order valence-corrected chi connectivity index (χ3v) is 4.26. The van der Waals surface area contributed by atoms with Gasteiger partial charge in [-0.05, 0) is 30.5 Å². The Bertz CT molecular complexity index is 764. The number of nitrogens with zero attached hydrogens (tertiary/aromatic N) is 5. The highest BCUT2D eigenvalue weighted by Gasteiger charge is 2.29. The smallest absolute Gasteiger partial charge is 0.329 e. The van der Waals surface area contributed by atoms with Gasteiger partial charge in [-0.25, -0.2) is 4.98 Å². The van der Waals surface area contributed by atoms with Crippen molar-refractivity contribution in [2.45, 2.75) is 18.9 Å². The highest BCUT2D eigenvalue weighted by molar-refractivity contribution is 5.55. The van der Waals surface area contributed by atoms with E-state index in [-0.39, 0.29) is 17.5 Å². The molecular formula is C16H20N6O2. The van der Waals surface area contributed by atoms with Gasteiger partial charge in [-0.3, -0.25) is 10.1 Å². The SMILES string of the molecule is CN(C)c1cccc([C@H]2CCCN2c2ncc([N+](=O)[O-])c(N)n2)c1. The van der Waals surface area contributed by atoms with Crippen molar-refractivity contribution < 1.29 is 4.92 Å². The molecule has 8 heteroatoms. The molecular weight excluding hydrogens is 308 g/mol. The molecule has 1 fully saturated rings. The minimum absolute atomic E-state index is 0.0994. The lowest BCUT2D eigenvalue weighted by Crippen LogP contribution is -2.25. The van der Waals surface area contributed by atoms with E-state index in [4.69, 9.17) is 5.73 Å². The van der Waals surface area contributed by atoms with Crippen LogP contribution in [-0.4, -0.2) is 35.5 Å². The summed E-state index contributed by atoms with van der Waals surface area (Å²) in [6.45, 7) is 0.800. The first-order chi connectivity index (χ1) is 11.5. The van der Waals surface area contributed by atoms with E-state index in [1.165, 1.54) is 11.8 Å². The van der Waals surface area contributed by atoms with Crippen LogP contribution in [0.2, 0.25) is 0 Å². The van der Waals surface area contributed by atoms with Gasteiger partial charge in [-0.1, -0.05) is 12.1 Å². The lowest BCUT2D eigenvalue weighted by Gasteiger charge is -2.26. The Morgan fingerprint density at radius 2 is 2.21 bits per heavy atom. The van der Waals surface area contributed by atoms with Gasteiger partial charge in [-0.15, -0.1) is 0 Å². The van der Waals surface area contributed by atoms with Gasteiger partial charge >= 0.3 is 5.69 Å². The summed E-state index contributed by atoms with van der Waals surface area (Å²) < 4.78 is 0. The number of nitrogen functional groups attached to an aromatic ring is 1. The van der Waals surface area contributed by atoms with Gasteiger partial charge in [0.1, 0.15) is 6.20 Å². The van der Waals surface area contributed by atoms with E-state index >= 15 is 0 Å². The molecule has 1 aromatic heterocycles. The minimum atomic E-state index is -0.568. The Morgan fingerprint density at radius 1 is 1.42 bits per heavy atom. The number of rotatable bonds is 4. The van der Waals surface area contributed by atoms with Gasteiger partial charge in [0.05, 0.1) is 11.0 Å². The minimum Gasteiger partial charge on any atom is -0.378 e. The zero-order chi connectivity index (χ0) is 17.3. The highest BCUT2D eigenvalue weighted by atomic mass is 16.6. The molecule has 126 valence electrons. The fourth-order valence-electron chi connectivity index (χ4n) is 3.02. The molecule has 1 aliphatic heterocycles. The van der Waals surface area contributed by atoms with E-state index in [0.717, 1.165) is 25.1 Å². The summed E-state index contributed by atoms with van der Waals surface area (Å²) >= 11 is 0. The van der Waals surface area contributed by atoms with Crippen LogP contribution < -0.4 is 15.5 Å². The van der Waals surface area contributed by atoms with Crippen molar-refractivity contribution in [2.75, 3.05) is 36.2 Å². The molecule has 0 aliphatic carbocycles. The van der Waals surface area contributed by atoms with E-state index < -0.39 is 4.92 Å². The number of hydrogen-bond donors (Lipinski definition) is 1. The predicted octanol–water partition coefficient (Wildman–Crippen LogP) is 2.37. The molecule has 0 unspecified atom stereocenters. The van der Waals surface area contributed by atoms with Gasteiger partial charge in [0, 0.05) is 26.3 Å². The Morgan fingerprint density at radius 3 is 2.88 bits per heavy atom. The number of nitro groups is 1. The molecule has 2 N–H and O–H groups in total. The summed E-state index contributed by atoms with van der Waals surface area (Å²) in [5.74, 6) is 0.341. The van der Waals surface area contributed by atoms with E-state index in [1.807, 2.05) is 20.2 Å². The largest absolute Gasteiger partial charge is 0.378 e. The standard InChI is InChI=1S/C16H20N6O2/c1-20(2)12-6-3-5-11(9-12)13-7-4-8-21(13)16-18-10-14(22(23)24)15(17)19-16/h3,5-6,9-10,13H,4,7-8H2,1-2H3,(H2,17,18,19)/t13-/m1/s1. The molecule has 2 aromatic rings. The van der Waals surface area contributed by atoms with Crippen molar-refractivity contribution in [1.82, 2.24) is 9.97 Å². The van der Waals surface area contributed by atoms with Crippen molar-refractivity contribution in [3.63, 3.8) is 0 Å². The third kappa shape index (κ3) is 2.94. The zero-order valence-corrected chi connectivity index (χ0v) is 13.7. The van der Waals surface area contributed by atoms with Crippen molar-refractivity contribution >= 4 is 23.1 Å². The summed E-state index contributed by atoms with van der Waals surface area (Å²) in [5, 5.41) is 10.9. The summed E-state index contributed by atoms with van der Waals surface area (Å²) in [7, 11) is 4.01. The lowest BCUT2D eigenvalue weighted by molar-refractivity contribution is -0.384. The first-order valence-corrected chi connectivity index (χ1v) is 7.78. The van der Waals surface area contributed by atoms with Crippen molar-refractivity contribution in [3.8, 4) is 0 Å². The molecule has 1 aromatic carbocycles. The van der Waals surface area contributed by atoms with E-state index in [0.29, 0.717) is 5.95 Å². The normalized spacial score (nSPS) is 17.1. The van der Waals surface area contributed by atoms with E-state index in [2.05, 4.69) is 38.0 Å². The molecule has 3 rings (SSSR count). The topological polar surface area (TPSA) is 101 Å². The fraction of sp³-hybridized carbons (Fsp3) is 0.375. The lowest BCUT2D eigenvalue weighted by atomic mass is 10.0. The third-order valence-electron chi connectivity index (χ3n) is 4.26. The van der Waals surface area contributed by atoms with Crippen LogP contribution in [0.15, 0.2) is 30.5 Å². The van der Waals surface area contributed by atoms with Gasteiger partial charge in [0.25, 0.3) is 0 Å². The van der Waals surface area contributed by atoms with Gasteiger partial charge in [0.2, 0.25) is 11.8 Å². The second kappa shape index (κ2) is 6.31. The average molecular weight is 328 g/mol.